The van der Waals surface area contributed by atoms with Gasteiger partial charge in [-0.05, 0) is 40.3 Å². The van der Waals surface area contributed by atoms with Gasteiger partial charge in [-0.3, -0.25) is 4.79 Å². The number of rotatable bonds is 7. The van der Waals surface area contributed by atoms with Gasteiger partial charge >= 0.3 is 0 Å². The summed E-state index contributed by atoms with van der Waals surface area (Å²) in [7, 11) is 4.03. The predicted molar refractivity (Wildman–Crippen MR) is 72.8 cm³/mol. The summed E-state index contributed by atoms with van der Waals surface area (Å²) in [6, 6.07) is 0. The lowest BCUT2D eigenvalue weighted by Crippen LogP contribution is -2.50. The van der Waals surface area contributed by atoms with E-state index in [0.717, 1.165) is 6.42 Å². The normalized spacial score (nSPS) is 14.2. The molecule has 0 heterocycles. The third kappa shape index (κ3) is 6.03. The average molecular weight is 243 g/mol. The Balaban J connectivity index is 4.24. The first-order valence-electron chi connectivity index (χ1n) is 6.36. The highest BCUT2D eigenvalue weighted by molar-refractivity contribution is 5.78. The van der Waals surface area contributed by atoms with E-state index in [4.69, 9.17) is 5.73 Å². The lowest BCUT2D eigenvalue weighted by molar-refractivity contribution is -0.125. The van der Waals surface area contributed by atoms with E-state index in [1.165, 1.54) is 0 Å². The maximum Gasteiger partial charge on any atom is 0.224 e. The zero-order chi connectivity index (χ0) is 13.6. The third-order valence-corrected chi connectivity index (χ3v) is 3.32. The SMILES string of the molecule is CC(C)CC(CN)C(=O)NCC(C)(C)N(C)C. The van der Waals surface area contributed by atoms with Crippen LogP contribution in [0.5, 0.6) is 0 Å². The molecular weight excluding hydrogens is 214 g/mol. The van der Waals surface area contributed by atoms with E-state index in [0.29, 0.717) is 19.0 Å². The molecular formula is C13H29N3O. The highest BCUT2D eigenvalue weighted by atomic mass is 16.1. The first-order valence-corrected chi connectivity index (χ1v) is 6.36. The molecule has 0 fully saturated rings. The van der Waals surface area contributed by atoms with Gasteiger partial charge in [0.05, 0.1) is 5.92 Å². The summed E-state index contributed by atoms with van der Waals surface area (Å²) in [5.74, 6) is 0.514. The minimum Gasteiger partial charge on any atom is -0.354 e. The summed E-state index contributed by atoms with van der Waals surface area (Å²) in [6.45, 7) is 9.50. The average Bonchev–Trinajstić information content (AvgIpc) is 2.22. The van der Waals surface area contributed by atoms with Crippen molar-refractivity contribution in [3.05, 3.63) is 0 Å². The number of likely N-dealkylation sites (N-methyl/N-ethyl adjacent to an activating group) is 1. The van der Waals surface area contributed by atoms with E-state index in [9.17, 15) is 4.79 Å². The first kappa shape index (κ1) is 16.4. The second kappa shape index (κ2) is 6.97. The number of carbonyl (C=O) groups is 1. The largest absolute Gasteiger partial charge is 0.354 e. The lowest BCUT2D eigenvalue weighted by Gasteiger charge is -2.33. The standard InChI is InChI=1S/C13H29N3O/c1-10(2)7-11(8-14)12(17)15-9-13(3,4)16(5)6/h10-11H,7-9,14H2,1-6H3,(H,15,17). The molecule has 0 saturated heterocycles. The smallest absolute Gasteiger partial charge is 0.224 e. The fourth-order valence-electron chi connectivity index (χ4n) is 1.49. The van der Waals surface area contributed by atoms with Crippen molar-refractivity contribution in [1.82, 2.24) is 10.2 Å². The molecule has 4 nitrogen and oxygen atoms in total. The van der Waals surface area contributed by atoms with Crippen molar-refractivity contribution >= 4 is 5.91 Å². The van der Waals surface area contributed by atoms with Crippen molar-refractivity contribution in [3.63, 3.8) is 0 Å². The van der Waals surface area contributed by atoms with E-state index in [1.54, 1.807) is 0 Å². The van der Waals surface area contributed by atoms with Crippen molar-refractivity contribution in [1.29, 1.82) is 0 Å². The quantitative estimate of drug-likeness (QED) is 0.703. The van der Waals surface area contributed by atoms with Crippen molar-refractivity contribution in [3.8, 4) is 0 Å². The van der Waals surface area contributed by atoms with Gasteiger partial charge in [0.2, 0.25) is 5.91 Å². The molecule has 3 N–H and O–H groups in total. The number of amides is 1. The Hall–Kier alpha value is -0.610. The minimum absolute atomic E-state index is 0.0351. The molecule has 0 aliphatic heterocycles. The molecule has 0 bridgehead atoms. The number of nitrogens with zero attached hydrogens (tertiary/aromatic N) is 1. The van der Waals surface area contributed by atoms with Gasteiger partial charge in [0.1, 0.15) is 0 Å². The molecule has 1 atom stereocenters. The molecule has 0 spiro atoms. The number of hydrogen-bond donors (Lipinski definition) is 2. The Kier molecular flexibility index (Phi) is 6.72. The van der Waals surface area contributed by atoms with Crippen LogP contribution in [0.1, 0.15) is 34.1 Å². The maximum absolute atomic E-state index is 12.0. The molecule has 0 rings (SSSR count). The highest BCUT2D eigenvalue weighted by Crippen LogP contribution is 2.12. The zero-order valence-electron chi connectivity index (χ0n) is 12.2. The van der Waals surface area contributed by atoms with Gasteiger partial charge in [-0.15, -0.1) is 0 Å². The summed E-state index contributed by atoms with van der Waals surface area (Å²) < 4.78 is 0. The van der Waals surface area contributed by atoms with Gasteiger partial charge < -0.3 is 16.0 Å². The Bertz CT molecular complexity index is 237. The monoisotopic (exact) mass is 243 g/mol. The van der Waals surface area contributed by atoms with Crippen molar-refractivity contribution in [2.45, 2.75) is 39.7 Å². The van der Waals surface area contributed by atoms with Gasteiger partial charge in [0.15, 0.2) is 0 Å². The van der Waals surface area contributed by atoms with E-state index in [-0.39, 0.29) is 17.4 Å². The van der Waals surface area contributed by atoms with Crippen LogP contribution in [-0.2, 0) is 4.79 Å². The summed E-state index contributed by atoms with van der Waals surface area (Å²) in [6.07, 6.45) is 0.852. The summed E-state index contributed by atoms with van der Waals surface area (Å²) >= 11 is 0. The topological polar surface area (TPSA) is 58.4 Å². The van der Waals surface area contributed by atoms with Gasteiger partial charge in [-0.2, -0.15) is 0 Å². The highest BCUT2D eigenvalue weighted by Gasteiger charge is 2.24. The van der Waals surface area contributed by atoms with Crippen LogP contribution in [0.25, 0.3) is 0 Å². The van der Waals surface area contributed by atoms with Crippen LogP contribution >= 0.6 is 0 Å². The van der Waals surface area contributed by atoms with Crippen LogP contribution in [0.4, 0.5) is 0 Å². The maximum atomic E-state index is 12.0. The van der Waals surface area contributed by atoms with Crippen molar-refractivity contribution in [2.75, 3.05) is 27.2 Å². The van der Waals surface area contributed by atoms with Crippen LogP contribution < -0.4 is 11.1 Å². The minimum atomic E-state index is -0.0621. The molecule has 17 heavy (non-hydrogen) atoms. The van der Waals surface area contributed by atoms with Crippen LogP contribution in [0, 0.1) is 11.8 Å². The lowest BCUT2D eigenvalue weighted by atomic mass is 9.96. The third-order valence-electron chi connectivity index (χ3n) is 3.32. The fraction of sp³-hybridized carbons (Fsp3) is 0.923. The second-order valence-corrected chi connectivity index (χ2v) is 5.99. The number of nitrogens with two attached hydrogens (primary N) is 1. The molecule has 0 aromatic rings. The second-order valence-electron chi connectivity index (χ2n) is 5.99. The Morgan fingerprint density at radius 2 is 1.88 bits per heavy atom. The van der Waals surface area contributed by atoms with Gasteiger partial charge in [-0.1, -0.05) is 13.8 Å². The molecule has 0 saturated carbocycles. The summed E-state index contributed by atoms with van der Waals surface area (Å²) in [5, 5.41) is 3.00. The Morgan fingerprint density at radius 3 is 2.24 bits per heavy atom. The zero-order valence-corrected chi connectivity index (χ0v) is 12.2. The van der Waals surface area contributed by atoms with Gasteiger partial charge in [0.25, 0.3) is 0 Å². The Morgan fingerprint density at radius 1 is 1.35 bits per heavy atom. The van der Waals surface area contributed by atoms with E-state index in [2.05, 4.69) is 37.9 Å². The first-order chi connectivity index (χ1) is 7.70. The molecule has 0 aliphatic rings. The molecule has 1 unspecified atom stereocenters. The molecule has 0 radical (unpaired) electrons. The van der Waals surface area contributed by atoms with Crippen molar-refractivity contribution in [2.24, 2.45) is 17.6 Å². The predicted octanol–water partition coefficient (Wildman–Crippen LogP) is 1.06. The van der Waals surface area contributed by atoms with E-state index >= 15 is 0 Å². The van der Waals surface area contributed by atoms with Crippen LogP contribution in [0.15, 0.2) is 0 Å². The molecule has 4 heteroatoms. The van der Waals surface area contributed by atoms with Crippen molar-refractivity contribution < 1.29 is 4.79 Å². The fourth-order valence-corrected chi connectivity index (χ4v) is 1.49. The van der Waals surface area contributed by atoms with E-state index < -0.39 is 0 Å². The number of nitrogens with one attached hydrogen (secondary N) is 1. The van der Waals surface area contributed by atoms with Gasteiger partial charge in [0, 0.05) is 18.6 Å². The summed E-state index contributed by atoms with van der Waals surface area (Å²) in [5.41, 5.74) is 5.61. The van der Waals surface area contributed by atoms with Crippen LogP contribution in [-0.4, -0.2) is 43.5 Å². The molecule has 102 valence electrons. The number of hydrogen-bond acceptors (Lipinski definition) is 3. The van der Waals surface area contributed by atoms with Gasteiger partial charge in [-0.25, -0.2) is 0 Å². The Labute approximate surface area is 106 Å². The number of carbonyl (C=O) groups excluding carboxylic acids is 1. The van der Waals surface area contributed by atoms with Crippen LogP contribution in [0.3, 0.4) is 0 Å². The molecule has 0 aromatic heterocycles. The van der Waals surface area contributed by atoms with E-state index in [1.807, 2.05) is 14.1 Å². The summed E-state index contributed by atoms with van der Waals surface area (Å²) in [4.78, 5) is 14.1. The molecule has 1 amide bonds. The van der Waals surface area contributed by atoms with Crippen LogP contribution in [0.2, 0.25) is 0 Å². The molecule has 0 aromatic carbocycles. The molecule has 0 aliphatic carbocycles.